The van der Waals surface area contributed by atoms with E-state index >= 15 is 0 Å². The first-order chi connectivity index (χ1) is 14.7. The molecule has 1 heterocycles. The van der Waals surface area contributed by atoms with E-state index in [0.29, 0.717) is 22.4 Å². The summed E-state index contributed by atoms with van der Waals surface area (Å²) in [7, 11) is 0. The topological polar surface area (TPSA) is 41.0 Å². The number of para-hydroxylation sites is 1. The Hall–Kier alpha value is -2.19. The first-order valence-corrected chi connectivity index (χ1v) is 11.1. The number of halogens is 4. The van der Waals surface area contributed by atoms with Crippen LogP contribution in [0.25, 0.3) is 22.3 Å². The molecule has 0 aliphatic rings. The standard InChI is InChI=1S/C23H26BrF3N4/c1-4-31(5-2)11-7-10-28-22-19-9-6-8-15(3)20(19)29-21(30-22)16-12-17(23(25,26)27)14-18(24)13-16/h6,8-9,12-14H,4-5,7,10-11H2,1-3H3,(H,28,29,30). The summed E-state index contributed by atoms with van der Waals surface area (Å²) < 4.78 is 40.3. The zero-order valence-corrected chi connectivity index (χ0v) is 19.4. The molecule has 4 nitrogen and oxygen atoms in total. The van der Waals surface area contributed by atoms with Gasteiger partial charge in [0.05, 0.1) is 11.1 Å². The average Bonchev–Trinajstić information content (AvgIpc) is 2.73. The summed E-state index contributed by atoms with van der Waals surface area (Å²) in [4.78, 5) is 11.6. The maximum absolute atomic E-state index is 13.3. The third kappa shape index (κ3) is 5.74. The predicted molar refractivity (Wildman–Crippen MR) is 123 cm³/mol. The van der Waals surface area contributed by atoms with E-state index < -0.39 is 11.7 Å². The number of anilines is 1. The van der Waals surface area contributed by atoms with Crippen molar-refractivity contribution in [2.75, 3.05) is 31.5 Å². The van der Waals surface area contributed by atoms with Gasteiger partial charge in [-0.05, 0) is 62.8 Å². The largest absolute Gasteiger partial charge is 0.416 e. The highest BCUT2D eigenvalue weighted by molar-refractivity contribution is 9.10. The van der Waals surface area contributed by atoms with Gasteiger partial charge in [0.1, 0.15) is 5.82 Å². The van der Waals surface area contributed by atoms with Crippen LogP contribution in [0.3, 0.4) is 0 Å². The van der Waals surface area contributed by atoms with Crippen LogP contribution in [0, 0.1) is 6.92 Å². The van der Waals surface area contributed by atoms with Gasteiger partial charge in [-0.15, -0.1) is 0 Å². The molecule has 0 saturated heterocycles. The number of fused-ring (bicyclic) bond motifs is 1. The molecule has 3 rings (SSSR count). The van der Waals surface area contributed by atoms with E-state index in [0.717, 1.165) is 54.7 Å². The van der Waals surface area contributed by atoms with Gasteiger partial charge in [0.25, 0.3) is 0 Å². The molecule has 0 fully saturated rings. The summed E-state index contributed by atoms with van der Waals surface area (Å²) in [6, 6.07) is 9.56. The Morgan fingerprint density at radius 1 is 1.06 bits per heavy atom. The summed E-state index contributed by atoms with van der Waals surface area (Å²) in [5.74, 6) is 0.900. The highest BCUT2D eigenvalue weighted by Gasteiger charge is 2.31. The van der Waals surface area contributed by atoms with Crippen molar-refractivity contribution >= 4 is 32.7 Å². The first kappa shape index (κ1) is 23.5. The molecule has 3 aromatic rings. The second-order valence-corrected chi connectivity index (χ2v) is 8.32. The van der Waals surface area contributed by atoms with Crippen molar-refractivity contribution in [2.24, 2.45) is 0 Å². The van der Waals surface area contributed by atoms with Gasteiger partial charge >= 0.3 is 6.18 Å². The highest BCUT2D eigenvalue weighted by atomic mass is 79.9. The number of benzene rings is 2. The molecule has 0 saturated carbocycles. The van der Waals surface area contributed by atoms with Gasteiger partial charge in [0.15, 0.2) is 5.82 Å². The van der Waals surface area contributed by atoms with Crippen LogP contribution in [0.5, 0.6) is 0 Å². The smallest absolute Gasteiger partial charge is 0.369 e. The fraction of sp³-hybridized carbons (Fsp3) is 0.391. The molecule has 166 valence electrons. The molecule has 0 aliphatic heterocycles. The van der Waals surface area contributed by atoms with E-state index in [4.69, 9.17) is 0 Å². The van der Waals surface area contributed by atoms with Crippen LogP contribution in [-0.2, 0) is 6.18 Å². The van der Waals surface area contributed by atoms with Crippen LogP contribution in [0.2, 0.25) is 0 Å². The molecule has 2 aromatic carbocycles. The van der Waals surface area contributed by atoms with Crippen LogP contribution in [0.4, 0.5) is 19.0 Å². The quantitative estimate of drug-likeness (QED) is 0.361. The summed E-state index contributed by atoms with van der Waals surface area (Å²) >= 11 is 3.19. The number of nitrogens with zero attached hydrogens (tertiary/aromatic N) is 3. The Balaban J connectivity index is 1.99. The molecular formula is C23H26BrF3N4. The van der Waals surface area contributed by atoms with Crippen molar-refractivity contribution in [3.8, 4) is 11.4 Å². The van der Waals surface area contributed by atoms with Crippen LogP contribution in [-0.4, -0.2) is 41.0 Å². The number of hydrogen-bond donors (Lipinski definition) is 1. The lowest BCUT2D eigenvalue weighted by molar-refractivity contribution is -0.137. The number of hydrogen-bond acceptors (Lipinski definition) is 4. The predicted octanol–water partition coefficient (Wildman–Crippen LogP) is 6.53. The van der Waals surface area contributed by atoms with Gasteiger partial charge in [0.2, 0.25) is 0 Å². The highest BCUT2D eigenvalue weighted by Crippen LogP contribution is 2.35. The van der Waals surface area contributed by atoms with Gasteiger partial charge in [0, 0.05) is 22.0 Å². The zero-order chi connectivity index (χ0) is 22.6. The molecule has 0 bridgehead atoms. The molecule has 1 aromatic heterocycles. The van der Waals surface area contributed by atoms with Crippen molar-refractivity contribution in [3.05, 3.63) is 52.0 Å². The van der Waals surface area contributed by atoms with E-state index in [-0.39, 0.29) is 5.82 Å². The first-order valence-electron chi connectivity index (χ1n) is 10.3. The molecule has 1 N–H and O–H groups in total. The molecule has 0 spiro atoms. The lowest BCUT2D eigenvalue weighted by Gasteiger charge is -2.18. The van der Waals surface area contributed by atoms with Crippen molar-refractivity contribution in [1.82, 2.24) is 14.9 Å². The average molecular weight is 495 g/mol. The second-order valence-electron chi connectivity index (χ2n) is 7.40. The number of aryl methyl sites for hydroxylation is 1. The minimum Gasteiger partial charge on any atom is -0.369 e. The van der Waals surface area contributed by atoms with Gasteiger partial charge < -0.3 is 10.2 Å². The lowest BCUT2D eigenvalue weighted by Crippen LogP contribution is -2.25. The van der Waals surface area contributed by atoms with E-state index in [1.54, 1.807) is 6.07 Å². The number of nitrogens with one attached hydrogen (secondary N) is 1. The molecule has 0 atom stereocenters. The number of rotatable bonds is 8. The normalized spacial score (nSPS) is 12.0. The van der Waals surface area contributed by atoms with E-state index in [1.807, 2.05) is 25.1 Å². The van der Waals surface area contributed by atoms with Crippen molar-refractivity contribution in [1.29, 1.82) is 0 Å². The van der Waals surface area contributed by atoms with Gasteiger partial charge in [-0.1, -0.05) is 41.9 Å². The fourth-order valence-corrected chi connectivity index (χ4v) is 3.98. The van der Waals surface area contributed by atoms with E-state index in [2.05, 4.69) is 50.0 Å². The molecule has 0 radical (unpaired) electrons. The Bertz CT molecular complexity index is 1050. The Morgan fingerprint density at radius 2 is 1.81 bits per heavy atom. The Kier molecular flexibility index (Phi) is 7.54. The zero-order valence-electron chi connectivity index (χ0n) is 17.9. The third-order valence-corrected chi connectivity index (χ3v) is 5.71. The maximum atomic E-state index is 13.3. The van der Waals surface area contributed by atoms with Crippen LogP contribution >= 0.6 is 15.9 Å². The minimum atomic E-state index is -4.45. The Morgan fingerprint density at radius 3 is 2.48 bits per heavy atom. The van der Waals surface area contributed by atoms with Crippen molar-refractivity contribution < 1.29 is 13.2 Å². The molecule has 0 unspecified atom stereocenters. The minimum absolute atomic E-state index is 0.264. The summed E-state index contributed by atoms with van der Waals surface area (Å²) in [5.41, 5.74) is 1.25. The van der Waals surface area contributed by atoms with Gasteiger partial charge in [-0.25, -0.2) is 9.97 Å². The van der Waals surface area contributed by atoms with Crippen molar-refractivity contribution in [3.63, 3.8) is 0 Å². The van der Waals surface area contributed by atoms with Crippen LogP contribution in [0.15, 0.2) is 40.9 Å². The van der Waals surface area contributed by atoms with Gasteiger partial charge in [-0.2, -0.15) is 13.2 Å². The molecule has 0 amide bonds. The molecule has 8 heteroatoms. The summed E-state index contributed by atoms with van der Waals surface area (Å²) in [6.07, 6.45) is -3.51. The van der Waals surface area contributed by atoms with Gasteiger partial charge in [-0.3, -0.25) is 0 Å². The molecular weight excluding hydrogens is 469 g/mol. The van der Waals surface area contributed by atoms with E-state index in [1.165, 1.54) is 0 Å². The van der Waals surface area contributed by atoms with Crippen molar-refractivity contribution in [2.45, 2.75) is 33.4 Å². The monoisotopic (exact) mass is 494 g/mol. The van der Waals surface area contributed by atoms with Crippen LogP contribution < -0.4 is 5.32 Å². The fourth-order valence-electron chi connectivity index (χ4n) is 3.49. The number of aromatic nitrogens is 2. The van der Waals surface area contributed by atoms with Crippen LogP contribution in [0.1, 0.15) is 31.4 Å². The second kappa shape index (κ2) is 9.96. The number of alkyl halides is 3. The Labute approximate surface area is 189 Å². The SMILES string of the molecule is CCN(CC)CCCNc1nc(-c2cc(Br)cc(C(F)(F)F)c2)nc2c(C)cccc12. The lowest BCUT2D eigenvalue weighted by atomic mass is 10.1. The summed E-state index contributed by atoms with van der Waals surface area (Å²) in [6.45, 7) is 9.89. The summed E-state index contributed by atoms with van der Waals surface area (Å²) in [5, 5.41) is 4.24. The molecule has 31 heavy (non-hydrogen) atoms. The van der Waals surface area contributed by atoms with E-state index in [9.17, 15) is 13.2 Å². The molecule has 0 aliphatic carbocycles. The third-order valence-electron chi connectivity index (χ3n) is 5.25. The maximum Gasteiger partial charge on any atom is 0.416 e.